The molecule has 2 rings (SSSR count). The minimum atomic E-state index is -0.0432. The van der Waals surface area contributed by atoms with Crippen molar-refractivity contribution in [2.24, 2.45) is 0 Å². The van der Waals surface area contributed by atoms with Gasteiger partial charge in [-0.05, 0) is 32.4 Å². The Morgan fingerprint density at radius 1 is 1.39 bits per heavy atom. The van der Waals surface area contributed by atoms with Crippen LogP contribution in [0.3, 0.4) is 0 Å². The molecule has 0 atom stereocenters. The molecular formula is C17H19N3O2S. The standard InChI is InChI=1S/C17H19N3O2S/c1-12-14(13(2)22-20-12)8-9-17(21)19-15-6-3-4-7-16(15)23-11-5-10-18/h3-4,6-7H,5,8-9,11H2,1-2H3,(H,19,21). The van der Waals surface area contributed by atoms with Crippen LogP contribution in [-0.2, 0) is 11.2 Å². The molecule has 1 amide bonds. The number of para-hydroxylation sites is 1. The van der Waals surface area contributed by atoms with Gasteiger partial charge >= 0.3 is 0 Å². The van der Waals surface area contributed by atoms with Gasteiger partial charge in [0.15, 0.2) is 0 Å². The van der Waals surface area contributed by atoms with Crippen molar-refractivity contribution in [3.63, 3.8) is 0 Å². The summed E-state index contributed by atoms with van der Waals surface area (Å²) in [5.74, 6) is 1.43. The molecule has 1 N–H and O–H groups in total. The topological polar surface area (TPSA) is 78.9 Å². The number of anilines is 1. The summed E-state index contributed by atoms with van der Waals surface area (Å²) in [6.45, 7) is 3.74. The lowest BCUT2D eigenvalue weighted by molar-refractivity contribution is -0.116. The van der Waals surface area contributed by atoms with Gasteiger partial charge in [-0.1, -0.05) is 17.3 Å². The highest BCUT2D eigenvalue weighted by Gasteiger charge is 2.12. The average molecular weight is 329 g/mol. The first-order chi connectivity index (χ1) is 11.1. The normalized spacial score (nSPS) is 10.3. The van der Waals surface area contributed by atoms with Crippen LogP contribution in [0.4, 0.5) is 5.69 Å². The molecule has 1 aromatic carbocycles. The van der Waals surface area contributed by atoms with E-state index in [4.69, 9.17) is 9.78 Å². The molecular weight excluding hydrogens is 310 g/mol. The van der Waals surface area contributed by atoms with Gasteiger partial charge in [0.05, 0.1) is 17.5 Å². The Morgan fingerprint density at radius 2 is 2.17 bits per heavy atom. The average Bonchev–Trinajstić information content (AvgIpc) is 2.86. The van der Waals surface area contributed by atoms with Crippen molar-refractivity contribution in [1.29, 1.82) is 5.26 Å². The van der Waals surface area contributed by atoms with Gasteiger partial charge in [-0.3, -0.25) is 4.79 Å². The van der Waals surface area contributed by atoms with Crippen LogP contribution >= 0.6 is 11.8 Å². The van der Waals surface area contributed by atoms with Crippen molar-refractivity contribution >= 4 is 23.4 Å². The van der Waals surface area contributed by atoms with E-state index in [1.807, 2.05) is 38.1 Å². The van der Waals surface area contributed by atoms with Gasteiger partial charge in [0, 0.05) is 29.1 Å². The molecule has 0 aliphatic heterocycles. The third-order valence-corrected chi connectivity index (χ3v) is 4.49. The SMILES string of the molecule is Cc1noc(C)c1CCC(=O)Nc1ccccc1SCCC#N. The molecule has 0 spiro atoms. The monoisotopic (exact) mass is 329 g/mol. The van der Waals surface area contributed by atoms with Gasteiger partial charge in [0.25, 0.3) is 0 Å². The molecule has 120 valence electrons. The molecule has 0 aliphatic rings. The van der Waals surface area contributed by atoms with Gasteiger partial charge in [0.1, 0.15) is 5.76 Å². The lowest BCUT2D eigenvalue weighted by Crippen LogP contribution is -2.13. The van der Waals surface area contributed by atoms with Crippen molar-refractivity contribution in [3.05, 3.63) is 41.3 Å². The molecule has 1 aromatic heterocycles. The van der Waals surface area contributed by atoms with Crippen LogP contribution in [-0.4, -0.2) is 16.8 Å². The van der Waals surface area contributed by atoms with Crippen LogP contribution in [0.15, 0.2) is 33.7 Å². The Bertz CT molecular complexity index is 699. The Hall–Kier alpha value is -2.26. The molecule has 1 heterocycles. The van der Waals surface area contributed by atoms with Gasteiger partial charge in [-0.15, -0.1) is 11.8 Å². The summed E-state index contributed by atoms with van der Waals surface area (Å²) in [6, 6.07) is 9.76. The van der Waals surface area contributed by atoms with E-state index in [2.05, 4.69) is 16.5 Å². The van der Waals surface area contributed by atoms with E-state index in [1.165, 1.54) is 0 Å². The molecule has 0 radical (unpaired) electrons. The second-order valence-electron chi connectivity index (χ2n) is 5.10. The molecule has 23 heavy (non-hydrogen) atoms. The fraction of sp³-hybridized carbons (Fsp3) is 0.353. The maximum Gasteiger partial charge on any atom is 0.224 e. The number of rotatable bonds is 7. The van der Waals surface area contributed by atoms with E-state index < -0.39 is 0 Å². The molecule has 0 aliphatic carbocycles. The minimum Gasteiger partial charge on any atom is -0.361 e. The van der Waals surface area contributed by atoms with E-state index in [1.54, 1.807) is 11.8 Å². The molecule has 6 heteroatoms. The number of carbonyl (C=O) groups is 1. The maximum atomic E-state index is 12.2. The summed E-state index contributed by atoms with van der Waals surface area (Å²) < 4.78 is 5.11. The number of carbonyl (C=O) groups excluding carboxylic acids is 1. The summed E-state index contributed by atoms with van der Waals surface area (Å²) in [5, 5.41) is 15.5. The Kier molecular flexibility index (Phi) is 6.24. The van der Waals surface area contributed by atoms with Gasteiger partial charge < -0.3 is 9.84 Å². The highest BCUT2D eigenvalue weighted by molar-refractivity contribution is 7.99. The fourth-order valence-corrected chi connectivity index (χ4v) is 3.08. The van der Waals surface area contributed by atoms with Crippen molar-refractivity contribution in [3.8, 4) is 6.07 Å². The number of benzene rings is 1. The predicted octanol–water partition coefficient (Wildman–Crippen LogP) is 3.87. The van der Waals surface area contributed by atoms with Crippen LogP contribution in [0.25, 0.3) is 0 Å². The second-order valence-corrected chi connectivity index (χ2v) is 6.24. The molecule has 0 bridgehead atoms. The third-order valence-electron chi connectivity index (χ3n) is 3.42. The number of hydrogen-bond acceptors (Lipinski definition) is 5. The molecule has 0 saturated carbocycles. The van der Waals surface area contributed by atoms with E-state index in [9.17, 15) is 4.79 Å². The lowest BCUT2D eigenvalue weighted by Gasteiger charge is -2.10. The Labute approximate surface area is 140 Å². The largest absolute Gasteiger partial charge is 0.361 e. The number of nitrogens with one attached hydrogen (secondary N) is 1. The lowest BCUT2D eigenvalue weighted by atomic mass is 10.1. The first kappa shape index (κ1) is 17.1. The zero-order valence-corrected chi connectivity index (χ0v) is 14.1. The van der Waals surface area contributed by atoms with Crippen LogP contribution in [0.5, 0.6) is 0 Å². The highest BCUT2D eigenvalue weighted by atomic mass is 32.2. The van der Waals surface area contributed by atoms with Gasteiger partial charge in [-0.2, -0.15) is 5.26 Å². The number of nitriles is 1. The molecule has 0 saturated heterocycles. The summed E-state index contributed by atoms with van der Waals surface area (Å²) in [7, 11) is 0. The predicted molar refractivity (Wildman–Crippen MR) is 90.3 cm³/mol. The van der Waals surface area contributed by atoms with Crippen LogP contribution < -0.4 is 5.32 Å². The van der Waals surface area contributed by atoms with Crippen LogP contribution in [0.1, 0.15) is 29.9 Å². The first-order valence-corrected chi connectivity index (χ1v) is 8.40. The molecule has 5 nitrogen and oxygen atoms in total. The van der Waals surface area contributed by atoms with E-state index in [0.717, 1.165) is 27.6 Å². The third kappa shape index (κ3) is 4.86. The number of amides is 1. The maximum absolute atomic E-state index is 12.2. The molecule has 0 unspecified atom stereocenters. The van der Waals surface area contributed by atoms with E-state index in [-0.39, 0.29) is 5.91 Å². The van der Waals surface area contributed by atoms with Gasteiger partial charge in [-0.25, -0.2) is 0 Å². The van der Waals surface area contributed by atoms with E-state index >= 15 is 0 Å². The zero-order valence-electron chi connectivity index (χ0n) is 13.3. The Morgan fingerprint density at radius 3 is 2.87 bits per heavy atom. The summed E-state index contributed by atoms with van der Waals surface area (Å²) in [5.41, 5.74) is 2.62. The number of aryl methyl sites for hydroxylation is 2. The highest BCUT2D eigenvalue weighted by Crippen LogP contribution is 2.27. The number of nitrogens with zero attached hydrogens (tertiary/aromatic N) is 2. The summed E-state index contributed by atoms with van der Waals surface area (Å²) in [4.78, 5) is 13.2. The number of hydrogen-bond donors (Lipinski definition) is 1. The van der Waals surface area contributed by atoms with Crippen LogP contribution in [0.2, 0.25) is 0 Å². The number of thioether (sulfide) groups is 1. The zero-order chi connectivity index (χ0) is 16.7. The Balaban J connectivity index is 1.94. The van der Waals surface area contributed by atoms with Gasteiger partial charge in [0.2, 0.25) is 5.91 Å². The smallest absolute Gasteiger partial charge is 0.224 e. The van der Waals surface area contributed by atoms with Crippen molar-refractivity contribution < 1.29 is 9.32 Å². The fourth-order valence-electron chi connectivity index (χ4n) is 2.21. The molecule has 0 fully saturated rings. The minimum absolute atomic E-state index is 0.0432. The second kappa shape index (κ2) is 8.39. The van der Waals surface area contributed by atoms with Crippen LogP contribution in [0, 0.1) is 25.2 Å². The van der Waals surface area contributed by atoms with Crippen molar-refractivity contribution in [1.82, 2.24) is 5.16 Å². The van der Waals surface area contributed by atoms with Crippen molar-refractivity contribution in [2.75, 3.05) is 11.1 Å². The number of aromatic nitrogens is 1. The first-order valence-electron chi connectivity index (χ1n) is 7.42. The van der Waals surface area contributed by atoms with E-state index in [0.29, 0.717) is 25.0 Å². The summed E-state index contributed by atoms with van der Waals surface area (Å²) >= 11 is 1.57. The quantitative estimate of drug-likeness (QED) is 0.616. The van der Waals surface area contributed by atoms with Crippen molar-refractivity contribution in [2.45, 2.75) is 38.0 Å². The summed E-state index contributed by atoms with van der Waals surface area (Å²) in [6.07, 6.45) is 1.47. The molecule has 2 aromatic rings.